The molecule has 0 bridgehead atoms. The van der Waals surface area contributed by atoms with Gasteiger partial charge in [-0.25, -0.2) is 8.42 Å². The molecule has 0 spiro atoms. The van der Waals surface area contributed by atoms with Crippen molar-refractivity contribution in [3.63, 3.8) is 0 Å². The Bertz CT molecular complexity index is 1000. The number of para-hydroxylation sites is 1. The molecule has 1 saturated carbocycles. The van der Waals surface area contributed by atoms with E-state index < -0.39 is 9.84 Å². The van der Waals surface area contributed by atoms with E-state index in [1.807, 2.05) is 35.2 Å². The Morgan fingerprint density at radius 3 is 2.63 bits per heavy atom. The average molecular weight is 385 g/mol. The van der Waals surface area contributed by atoms with Gasteiger partial charge in [-0.2, -0.15) is 0 Å². The normalized spacial score (nSPS) is 27.6. The third-order valence-corrected chi connectivity index (χ3v) is 7.72. The lowest BCUT2D eigenvalue weighted by Crippen LogP contribution is -2.60. The zero-order valence-electron chi connectivity index (χ0n) is 15.1. The number of carbonyl (C=O) groups is 1. The van der Waals surface area contributed by atoms with Gasteiger partial charge in [-0.05, 0) is 25.0 Å². The van der Waals surface area contributed by atoms with Crippen molar-refractivity contribution in [1.82, 2.24) is 14.8 Å². The van der Waals surface area contributed by atoms with E-state index in [4.69, 9.17) is 4.98 Å². The van der Waals surface area contributed by atoms with Crippen LogP contribution in [0.3, 0.4) is 0 Å². The van der Waals surface area contributed by atoms with E-state index in [0.29, 0.717) is 19.6 Å². The number of hydrogen-bond donors (Lipinski definition) is 0. The summed E-state index contributed by atoms with van der Waals surface area (Å²) in [6, 6.07) is 11.7. The van der Waals surface area contributed by atoms with Gasteiger partial charge in [0.1, 0.15) is 0 Å². The first-order chi connectivity index (χ1) is 13.0. The quantitative estimate of drug-likeness (QED) is 0.800. The first-order valence-corrected chi connectivity index (χ1v) is 11.4. The van der Waals surface area contributed by atoms with Crippen molar-refractivity contribution in [3.05, 3.63) is 42.1 Å². The fourth-order valence-electron chi connectivity index (χ4n) is 4.46. The molecule has 0 N–H and O–H groups in total. The van der Waals surface area contributed by atoms with Crippen molar-refractivity contribution in [2.75, 3.05) is 24.6 Å². The molecule has 1 amide bonds. The second-order valence-corrected chi connectivity index (χ2v) is 10.1. The van der Waals surface area contributed by atoms with Crippen molar-refractivity contribution in [1.29, 1.82) is 0 Å². The molecule has 1 aromatic carbocycles. The fourth-order valence-corrected chi connectivity index (χ4v) is 6.48. The molecule has 2 aromatic rings. The first-order valence-electron chi connectivity index (χ1n) is 9.60. The fraction of sp³-hybridized carbons (Fsp3) is 0.500. The molecule has 1 aromatic heterocycles. The topological polar surface area (TPSA) is 70.6 Å². The molecule has 2 atom stereocenters. The van der Waals surface area contributed by atoms with Crippen LogP contribution in [-0.2, 0) is 21.2 Å². The van der Waals surface area contributed by atoms with Gasteiger partial charge in [0.25, 0.3) is 0 Å². The molecule has 5 rings (SSSR count). The number of carbonyl (C=O) groups excluding carboxylic acids is 1. The van der Waals surface area contributed by atoms with Crippen LogP contribution in [0.1, 0.15) is 18.5 Å². The number of aromatic nitrogens is 1. The van der Waals surface area contributed by atoms with Crippen LogP contribution >= 0.6 is 0 Å². The summed E-state index contributed by atoms with van der Waals surface area (Å²) in [5.74, 6) is 0.519. The highest BCUT2D eigenvalue weighted by atomic mass is 32.2. The molecule has 1 aliphatic carbocycles. The minimum Gasteiger partial charge on any atom is -0.336 e. The molecule has 6 nitrogen and oxygen atoms in total. The van der Waals surface area contributed by atoms with Gasteiger partial charge in [0.2, 0.25) is 5.91 Å². The van der Waals surface area contributed by atoms with Crippen LogP contribution in [-0.4, -0.2) is 65.8 Å². The summed E-state index contributed by atoms with van der Waals surface area (Å²) in [4.78, 5) is 21.4. The molecular weight excluding hydrogens is 362 g/mol. The van der Waals surface area contributed by atoms with Crippen LogP contribution in [0, 0.1) is 5.92 Å². The third-order valence-electron chi connectivity index (χ3n) is 6.02. The number of fused-ring (bicyclic) bond motifs is 2. The predicted molar refractivity (Wildman–Crippen MR) is 103 cm³/mol. The lowest BCUT2D eigenvalue weighted by molar-refractivity contribution is -0.138. The van der Waals surface area contributed by atoms with Crippen molar-refractivity contribution in [2.24, 2.45) is 5.92 Å². The van der Waals surface area contributed by atoms with Gasteiger partial charge in [0.05, 0.1) is 28.8 Å². The Kier molecular flexibility index (Phi) is 3.98. The summed E-state index contributed by atoms with van der Waals surface area (Å²) >= 11 is 0. The summed E-state index contributed by atoms with van der Waals surface area (Å²) in [7, 11) is -3.12. The van der Waals surface area contributed by atoms with Gasteiger partial charge in [-0.3, -0.25) is 14.7 Å². The Labute approximate surface area is 159 Å². The minimum absolute atomic E-state index is 0.0950. The summed E-state index contributed by atoms with van der Waals surface area (Å²) in [6.45, 7) is 1.93. The van der Waals surface area contributed by atoms with Crippen molar-refractivity contribution >= 4 is 26.6 Å². The van der Waals surface area contributed by atoms with Gasteiger partial charge >= 0.3 is 0 Å². The number of sulfone groups is 1. The molecule has 2 aliphatic heterocycles. The van der Waals surface area contributed by atoms with Crippen molar-refractivity contribution in [3.8, 4) is 0 Å². The van der Waals surface area contributed by atoms with Crippen LogP contribution in [0.25, 0.3) is 10.9 Å². The van der Waals surface area contributed by atoms with Crippen molar-refractivity contribution < 1.29 is 13.2 Å². The molecule has 0 unspecified atom stereocenters. The maximum atomic E-state index is 12.6. The van der Waals surface area contributed by atoms with Crippen LogP contribution in [0.4, 0.5) is 0 Å². The van der Waals surface area contributed by atoms with E-state index in [2.05, 4.69) is 11.0 Å². The van der Waals surface area contributed by atoms with Crippen molar-refractivity contribution in [2.45, 2.75) is 31.5 Å². The molecule has 2 saturated heterocycles. The summed E-state index contributed by atoms with van der Waals surface area (Å²) in [5, 5.41) is 1.10. The summed E-state index contributed by atoms with van der Waals surface area (Å²) in [6.07, 6.45) is 1.90. The van der Waals surface area contributed by atoms with Gasteiger partial charge < -0.3 is 4.90 Å². The van der Waals surface area contributed by atoms with E-state index in [9.17, 15) is 13.2 Å². The first kappa shape index (κ1) is 17.1. The number of hydrogen-bond acceptors (Lipinski definition) is 5. The van der Waals surface area contributed by atoms with E-state index >= 15 is 0 Å². The zero-order valence-corrected chi connectivity index (χ0v) is 15.9. The Balaban J connectivity index is 1.40. The molecular formula is C20H23N3O3S. The standard InChI is InChI=1S/C20H23N3O3S/c24-20(15-5-6-15)23-10-9-22(18-12-27(25,26)13-19(18)23)11-16-8-7-14-3-1-2-4-17(14)21-16/h1-4,7-8,15,18-19H,5-6,9-13H2/t18-,19+/m0/s1. The molecule has 142 valence electrons. The highest BCUT2D eigenvalue weighted by Crippen LogP contribution is 2.35. The molecule has 3 fully saturated rings. The molecule has 27 heavy (non-hydrogen) atoms. The van der Waals surface area contributed by atoms with Gasteiger partial charge in [-0.15, -0.1) is 0 Å². The Hall–Kier alpha value is -1.99. The summed E-state index contributed by atoms with van der Waals surface area (Å²) < 4.78 is 24.7. The van der Waals surface area contributed by atoms with Gasteiger partial charge in [0, 0.05) is 37.0 Å². The molecule has 0 radical (unpaired) electrons. The Morgan fingerprint density at radius 1 is 1.04 bits per heavy atom. The van der Waals surface area contributed by atoms with Crippen LogP contribution in [0.5, 0.6) is 0 Å². The second-order valence-electron chi connectivity index (χ2n) is 7.98. The molecule has 7 heteroatoms. The van der Waals surface area contributed by atoms with E-state index in [0.717, 1.165) is 29.4 Å². The van der Waals surface area contributed by atoms with Crippen LogP contribution < -0.4 is 0 Å². The number of pyridine rings is 1. The van der Waals surface area contributed by atoms with E-state index in [1.165, 1.54) is 0 Å². The predicted octanol–water partition coefficient (Wildman–Crippen LogP) is 1.45. The number of benzene rings is 1. The highest BCUT2D eigenvalue weighted by Gasteiger charge is 2.49. The zero-order chi connectivity index (χ0) is 18.6. The van der Waals surface area contributed by atoms with Gasteiger partial charge in [0.15, 0.2) is 9.84 Å². The lowest BCUT2D eigenvalue weighted by Gasteiger charge is -2.44. The van der Waals surface area contributed by atoms with Crippen LogP contribution in [0.15, 0.2) is 36.4 Å². The molecule has 3 aliphatic rings. The summed E-state index contributed by atoms with van der Waals surface area (Å²) in [5.41, 5.74) is 1.90. The SMILES string of the molecule is O=C(C1CC1)N1CCN(Cc2ccc3ccccc3n2)[C@H]2CS(=O)(=O)C[C@H]21. The minimum atomic E-state index is -3.12. The lowest BCUT2D eigenvalue weighted by atomic mass is 10.0. The third kappa shape index (κ3) is 3.23. The maximum Gasteiger partial charge on any atom is 0.226 e. The number of amides is 1. The largest absolute Gasteiger partial charge is 0.336 e. The van der Waals surface area contributed by atoms with E-state index in [1.54, 1.807) is 0 Å². The number of rotatable bonds is 3. The van der Waals surface area contributed by atoms with Gasteiger partial charge in [-0.1, -0.05) is 24.3 Å². The Morgan fingerprint density at radius 2 is 1.81 bits per heavy atom. The van der Waals surface area contributed by atoms with E-state index in [-0.39, 0.29) is 35.4 Å². The number of nitrogens with zero attached hydrogens (tertiary/aromatic N) is 3. The molecule has 3 heterocycles. The van der Waals surface area contributed by atoms with Crippen LogP contribution in [0.2, 0.25) is 0 Å². The second kappa shape index (κ2) is 6.27. The highest BCUT2D eigenvalue weighted by molar-refractivity contribution is 7.91. The smallest absolute Gasteiger partial charge is 0.226 e. The average Bonchev–Trinajstić information content (AvgIpc) is 3.44. The number of piperazine rings is 1. The monoisotopic (exact) mass is 385 g/mol. The maximum absolute atomic E-state index is 12.6.